The third-order valence-electron chi connectivity index (χ3n) is 5.53. The Labute approximate surface area is 188 Å². The second kappa shape index (κ2) is 10.5. The lowest BCUT2D eigenvalue weighted by Crippen LogP contribution is -2.50. The zero-order valence-electron chi connectivity index (χ0n) is 18.1. The Morgan fingerprint density at radius 1 is 1.18 bits per heavy atom. The number of alkyl halides is 3. The number of likely N-dealkylation sites (tertiary alicyclic amines) is 1. The summed E-state index contributed by atoms with van der Waals surface area (Å²) in [6.45, 7) is 7.69. The van der Waals surface area contributed by atoms with Crippen LogP contribution < -0.4 is 4.90 Å². The number of halogens is 4. The summed E-state index contributed by atoms with van der Waals surface area (Å²) in [5.74, 6) is -2.36. The second-order valence-electron chi connectivity index (χ2n) is 8.32. The number of nitrogens with zero attached hydrogens (tertiary/aromatic N) is 4. The molecule has 1 unspecified atom stereocenters. The lowest BCUT2D eigenvalue weighted by molar-refractivity contribution is -0.192. The number of ether oxygens (including phenoxy) is 1. The molecule has 1 aromatic heterocycles. The molecule has 0 amide bonds. The highest BCUT2D eigenvalue weighted by atomic mass is 19.4. The minimum atomic E-state index is -5.08. The molecule has 182 valence electrons. The van der Waals surface area contributed by atoms with Crippen LogP contribution in [0.25, 0.3) is 0 Å². The molecule has 0 bridgehead atoms. The number of aliphatic carboxylic acids is 1. The zero-order chi connectivity index (χ0) is 24.1. The maximum absolute atomic E-state index is 13.1. The highest BCUT2D eigenvalue weighted by molar-refractivity contribution is 5.73. The first-order valence-electron chi connectivity index (χ1n) is 10.5. The SMILES string of the molecule is Cc1nnc(N2CCOCC3(CCCN(Cc4ccc(F)cc4)C3)C2)o1.O=C(O)C(F)(F)F. The summed E-state index contributed by atoms with van der Waals surface area (Å²) in [6, 6.07) is 7.39. The van der Waals surface area contributed by atoms with Crippen molar-refractivity contribution in [2.75, 3.05) is 44.3 Å². The minimum absolute atomic E-state index is 0.0527. The molecule has 1 spiro atoms. The van der Waals surface area contributed by atoms with Crippen molar-refractivity contribution in [3.8, 4) is 0 Å². The molecule has 0 radical (unpaired) electrons. The number of rotatable bonds is 3. The van der Waals surface area contributed by atoms with Crippen LogP contribution in [0.1, 0.15) is 24.3 Å². The molecular weight excluding hydrogens is 448 g/mol. The van der Waals surface area contributed by atoms with Gasteiger partial charge in [0.25, 0.3) is 0 Å². The molecule has 0 saturated carbocycles. The smallest absolute Gasteiger partial charge is 0.475 e. The Hall–Kier alpha value is -2.73. The summed E-state index contributed by atoms with van der Waals surface area (Å²) in [6.07, 6.45) is -2.84. The Morgan fingerprint density at radius 3 is 2.48 bits per heavy atom. The molecule has 4 rings (SSSR count). The fourth-order valence-corrected chi connectivity index (χ4v) is 4.11. The number of aryl methyl sites for hydroxylation is 1. The Kier molecular flexibility index (Phi) is 7.90. The average molecular weight is 474 g/mol. The first-order chi connectivity index (χ1) is 15.6. The van der Waals surface area contributed by atoms with Crippen LogP contribution in [0.15, 0.2) is 28.7 Å². The van der Waals surface area contributed by atoms with Gasteiger partial charge in [0, 0.05) is 38.5 Å². The predicted molar refractivity (Wildman–Crippen MR) is 109 cm³/mol. The van der Waals surface area contributed by atoms with E-state index >= 15 is 0 Å². The van der Waals surface area contributed by atoms with Crippen LogP contribution in [0.5, 0.6) is 0 Å². The van der Waals surface area contributed by atoms with Gasteiger partial charge in [0.1, 0.15) is 5.82 Å². The molecule has 1 aromatic carbocycles. The number of hydrogen-bond donors (Lipinski definition) is 1. The first kappa shape index (κ1) is 24.9. The van der Waals surface area contributed by atoms with Crippen molar-refractivity contribution in [3.63, 3.8) is 0 Å². The molecule has 2 saturated heterocycles. The predicted octanol–water partition coefficient (Wildman–Crippen LogP) is 3.27. The maximum atomic E-state index is 13.1. The van der Waals surface area contributed by atoms with Crippen LogP contribution >= 0.6 is 0 Å². The van der Waals surface area contributed by atoms with E-state index in [1.54, 1.807) is 0 Å². The Bertz CT molecular complexity index is 922. The van der Waals surface area contributed by atoms with E-state index in [9.17, 15) is 17.6 Å². The number of piperidine rings is 1. The highest BCUT2D eigenvalue weighted by Gasteiger charge is 2.40. The third kappa shape index (κ3) is 7.13. The van der Waals surface area contributed by atoms with Crippen LogP contribution in [0, 0.1) is 18.2 Å². The van der Waals surface area contributed by atoms with Crippen LogP contribution in [0.2, 0.25) is 0 Å². The monoisotopic (exact) mass is 474 g/mol. The molecule has 3 heterocycles. The van der Waals surface area contributed by atoms with Crippen molar-refractivity contribution in [1.29, 1.82) is 0 Å². The van der Waals surface area contributed by atoms with Crippen molar-refractivity contribution in [1.82, 2.24) is 15.1 Å². The maximum Gasteiger partial charge on any atom is 0.490 e. The molecular formula is C21H26F4N4O4. The lowest BCUT2D eigenvalue weighted by Gasteiger charge is -2.43. The molecule has 2 aliphatic rings. The van der Waals surface area contributed by atoms with Gasteiger partial charge in [-0.1, -0.05) is 17.2 Å². The average Bonchev–Trinajstić information content (AvgIpc) is 3.08. The summed E-state index contributed by atoms with van der Waals surface area (Å²) in [7, 11) is 0. The summed E-state index contributed by atoms with van der Waals surface area (Å²) in [5, 5.41) is 15.3. The van der Waals surface area contributed by atoms with E-state index in [-0.39, 0.29) is 11.2 Å². The fraction of sp³-hybridized carbons (Fsp3) is 0.571. The van der Waals surface area contributed by atoms with Crippen LogP contribution in [0.4, 0.5) is 23.6 Å². The minimum Gasteiger partial charge on any atom is -0.475 e. The van der Waals surface area contributed by atoms with Crippen molar-refractivity contribution in [2.45, 2.75) is 32.5 Å². The van der Waals surface area contributed by atoms with Crippen LogP contribution in [0.3, 0.4) is 0 Å². The van der Waals surface area contributed by atoms with E-state index in [2.05, 4.69) is 20.0 Å². The molecule has 8 nitrogen and oxygen atoms in total. The van der Waals surface area contributed by atoms with Gasteiger partial charge in [0.2, 0.25) is 5.89 Å². The van der Waals surface area contributed by atoms with Gasteiger partial charge in [0.15, 0.2) is 0 Å². The number of carboxylic acid groups (broad SMARTS) is 1. The summed E-state index contributed by atoms with van der Waals surface area (Å²) in [4.78, 5) is 13.5. The third-order valence-corrected chi connectivity index (χ3v) is 5.53. The summed E-state index contributed by atoms with van der Waals surface area (Å²) in [5.41, 5.74) is 1.19. The van der Waals surface area contributed by atoms with Gasteiger partial charge >= 0.3 is 18.2 Å². The van der Waals surface area contributed by atoms with Gasteiger partial charge in [-0.3, -0.25) is 4.90 Å². The van der Waals surface area contributed by atoms with E-state index in [4.69, 9.17) is 19.1 Å². The summed E-state index contributed by atoms with van der Waals surface area (Å²) < 4.78 is 56.5. The second-order valence-corrected chi connectivity index (χ2v) is 8.32. The van der Waals surface area contributed by atoms with Gasteiger partial charge in [0.05, 0.1) is 13.2 Å². The van der Waals surface area contributed by atoms with E-state index in [0.717, 1.165) is 57.7 Å². The van der Waals surface area contributed by atoms with Gasteiger partial charge in [-0.15, -0.1) is 5.10 Å². The van der Waals surface area contributed by atoms with Crippen molar-refractivity contribution in [2.24, 2.45) is 5.41 Å². The topological polar surface area (TPSA) is 91.9 Å². The van der Waals surface area contributed by atoms with Crippen molar-refractivity contribution >= 4 is 12.0 Å². The van der Waals surface area contributed by atoms with Gasteiger partial charge in [-0.2, -0.15) is 13.2 Å². The van der Waals surface area contributed by atoms with Gasteiger partial charge in [-0.25, -0.2) is 9.18 Å². The van der Waals surface area contributed by atoms with E-state index in [1.165, 1.54) is 12.1 Å². The van der Waals surface area contributed by atoms with E-state index in [0.29, 0.717) is 18.5 Å². The number of benzene rings is 1. The molecule has 2 fully saturated rings. The van der Waals surface area contributed by atoms with Gasteiger partial charge < -0.3 is 19.2 Å². The molecule has 0 aliphatic carbocycles. The molecule has 1 N–H and O–H groups in total. The van der Waals surface area contributed by atoms with Crippen LogP contribution in [-0.4, -0.2) is 71.7 Å². The molecule has 2 aromatic rings. The standard InChI is InChI=1S/C19H25FN4O2.C2HF3O2/c1-15-21-22-18(26-15)24-9-10-25-14-19(13-24)7-2-8-23(12-19)11-16-3-5-17(20)6-4-16;3-2(4,5)1(6)7/h3-6H,2,7-14H2,1H3;(H,6,7). The lowest BCUT2D eigenvalue weighted by atomic mass is 9.80. The van der Waals surface area contributed by atoms with Gasteiger partial charge in [-0.05, 0) is 37.1 Å². The largest absolute Gasteiger partial charge is 0.490 e. The molecule has 2 aliphatic heterocycles. The van der Waals surface area contributed by atoms with Crippen LogP contribution in [-0.2, 0) is 16.1 Å². The molecule has 33 heavy (non-hydrogen) atoms. The summed E-state index contributed by atoms with van der Waals surface area (Å²) >= 11 is 0. The Morgan fingerprint density at radius 2 is 1.88 bits per heavy atom. The van der Waals surface area contributed by atoms with E-state index < -0.39 is 12.1 Å². The van der Waals surface area contributed by atoms with Crippen molar-refractivity contribution < 1.29 is 36.6 Å². The fourth-order valence-electron chi connectivity index (χ4n) is 4.11. The quantitative estimate of drug-likeness (QED) is 0.678. The Balaban J connectivity index is 0.000000383. The van der Waals surface area contributed by atoms with Crippen molar-refractivity contribution in [3.05, 3.63) is 41.5 Å². The molecule has 1 atom stereocenters. The number of aromatic nitrogens is 2. The van der Waals surface area contributed by atoms with E-state index in [1.807, 2.05) is 19.1 Å². The number of carboxylic acids is 1. The number of anilines is 1. The normalized spacial score (nSPS) is 21.9. The highest BCUT2D eigenvalue weighted by Crippen LogP contribution is 2.34. The first-order valence-corrected chi connectivity index (χ1v) is 10.5. The zero-order valence-corrected chi connectivity index (χ0v) is 18.1. The molecule has 12 heteroatoms. The number of hydrogen-bond acceptors (Lipinski definition) is 7. The number of carbonyl (C=O) groups is 1.